The molecule has 3 aromatic heterocycles. The molecule has 1 fully saturated rings. The fourth-order valence-corrected chi connectivity index (χ4v) is 7.70. The molecule has 154 valence electrons. The molecule has 30 heavy (non-hydrogen) atoms. The number of sulfonamides is 1. The molecule has 0 amide bonds. The third-order valence-electron chi connectivity index (χ3n) is 6.40. The van der Waals surface area contributed by atoms with E-state index in [-0.39, 0.29) is 10.8 Å². The largest absolute Gasteiger partial charge is 0.272 e. The summed E-state index contributed by atoms with van der Waals surface area (Å²) in [4.78, 5) is 4.55. The quantitative estimate of drug-likeness (QED) is 0.436. The van der Waals surface area contributed by atoms with E-state index in [1.165, 1.54) is 11.8 Å². The molecule has 13 heteroatoms. The first kappa shape index (κ1) is 21.2. The van der Waals surface area contributed by atoms with Gasteiger partial charge in [0.05, 0.1) is 11.9 Å². The summed E-state index contributed by atoms with van der Waals surface area (Å²) in [5.74, 6) is 0.213. The maximum absolute atomic E-state index is 13.8. The molecule has 1 aliphatic heterocycles. The second-order valence-corrected chi connectivity index (χ2v) is 11.4. The van der Waals surface area contributed by atoms with E-state index in [4.69, 9.17) is 0 Å². The molecule has 0 aliphatic carbocycles. The van der Waals surface area contributed by atoms with Gasteiger partial charge in [0, 0.05) is 13.2 Å². The molecule has 0 aromatic carbocycles. The minimum Gasteiger partial charge on any atom is -0.272 e. The lowest BCUT2D eigenvalue weighted by atomic mass is 9.46. The van der Waals surface area contributed by atoms with E-state index in [0.717, 1.165) is 24.1 Å². The van der Waals surface area contributed by atoms with Crippen molar-refractivity contribution in [2.24, 2.45) is 7.05 Å². The molecule has 1 saturated heterocycles. The van der Waals surface area contributed by atoms with Crippen LogP contribution in [0.15, 0.2) is 29.7 Å². The summed E-state index contributed by atoms with van der Waals surface area (Å²) in [6.07, 6.45) is 6.50. The van der Waals surface area contributed by atoms with Crippen LogP contribution >= 0.6 is 0 Å². The zero-order valence-corrected chi connectivity index (χ0v) is 19.5. The highest BCUT2D eigenvalue weighted by molar-refractivity contribution is 7.89. The molecule has 3 aromatic rings. The van der Waals surface area contributed by atoms with Crippen molar-refractivity contribution < 1.29 is 8.42 Å². The zero-order chi connectivity index (χ0) is 22.1. The van der Waals surface area contributed by atoms with Crippen LogP contribution in [-0.2, 0) is 17.1 Å². The Morgan fingerprint density at radius 1 is 1.10 bits per heavy atom. The summed E-state index contributed by atoms with van der Waals surface area (Å²) in [6.45, 7) is 3.88. The molecule has 4 rings (SSSR count). The van der Waals surface area contributed by atoms with E-state index in [9.17, 15) is 8.42 Å². The van der Waals surface area contributed by atoms with E-state index in [0.29, 0.717) is 5.69 Å². The topological polar surface area (TPSA) is 85.4 Å². The van der Waals surface area contributed by atoms with Crippen LogP contribution in [0.25, 0.3) is 5.65 Å². The van der Waals surface area contributed by atoms with Crippen molar-refractivity contribution >= 4 is 47.1 Å². The van der Waals surface area contributed by atoms with E-state index in [2.05, 4.69) is 22.1 Å². The average molecular weight is 422 g/mol. The summed E-state index contributed by atoms with van der Waals surface area (Å²) in [7, 11) is 6.14. The number of hydrogen-bond donors (Lipinski definition) is 0. The molecule has 0 saturated carbocycles. The Morgan fingerprint density at radius 3 is 2.30 bits per heavy atom. The smallest absolute Gasteiger partial charge is 0.244 e. The van der Waals surface area contributed by atoms with Gasteiger partial charge in [-0.3, -0.25) is 4.68 Å². The van der Waals surface area contributed by atoms with Gasteiger partial charge in [0.15, 0.2) is 5.65 Å². The number of aryl methyl sites for hydroxylation is 2. The lowest BCUT2D eigenvalue weighted by Gasteiger charge is -2.55. The van der Waals surface area contributed by atoms with E-state index >= 15 is 0 Å². The molecule has 0 N–H and O–H groups in total. The van der Waals surface area contributed by atoms with Crippen LogP contribution in [0.2, 0.25) is 0 Å². The minimum absolute atomic E-state index is 0.213. The monoisotopic (exact) mass is 422 g/mol. The summed E-state index contributed by atoms with van der Waals surface area (Å²) < 4.78 is 32.6. The van der Waals surface area contributed by atoms with Crippen molar-refractivity contribution in [1.29, 1.82) is 0 Å². The van der Waals surface area contributed by atoms with Crippen LogP contribution in [0.4, 0.5) is 0 Å². The van der Waals surface area contributed by atoms with Crippen molar-refractivity contribution in [2.45, 2.75) is 48.2 Å². The molecular formula is C17H26B4N6O2S. The van der Waals surface area contributed by atoms with E-state index in [1.807, 2.05) is 43.6 Å². The lowest BCUT2D eigenvalue weighted by Crippen LogP contribution is -2.68. The van der Waals surface area contributed by atoms with Crippen molar-refractivity contribution in [2.75, 3.05) is 0 Å². The molecule has 0 unspecified atom stereocenters. The van der Waals surface area contributed by atoms with Crippen LogP contribution in [-0.4, -0.2) is 79.2 Å². The number of fused-ring (bicyclic) bond motifs is 1. The van der Waals surface area contributed by atoms with E-state index in [1.54, 1.807) is 33.8 Å². The summed E-state index contributed by atoms with van der Waals surface area (Å²) in [5.41, 5.74) is 3.83. The number of rotatable bonds is 3. The molecule has 0 spiro atoms. The Labute approximate surface area is 181 Å². The molecule has 0 bridgehead atoms. The van der Waals surface area contributed by atoms with Crippen molar-refractivity contribution in [3.63, 3.8) is 0 Å². The second kappa shape index (κ2) is 6.75. The second-order valence-electron chi connectivity index (χ2n) is 9.69. The lowest BCUT2D eigenvalue weighted by molar-refractivity contribution is 0.207. The number of hydrogen-bond acceptors (Lipinski definition) is 5. The van der Waals surface area contributed by atoms with Crippen molar-refractivity contribution in [3.05, 3.63) is 41.6 Å². The number of piperidine rings is 1. The fourth-order valence-electron chi connectivity index (χ4n) is 5.36. The first-order valence-corrected chi connectivity index (χ1v) is 11.6. The van der Waals surface area contributed by atoms with Gasteiger partial charge in [-0.15, -0.1) is 0 Å². The van der Waals surface area contributed by atoms with Crippen LogP contribution in [0.3, 0.4) is 0 Å². The first-order chi connectivity index (χ1) is 13.8. The summed E-state index contributed by atoms with van der Waals surface area (Å²) in [5, 5.41) is 7.31. The predicted octanol–water partition coefficient (Wildman–Crippen LogP) is -2.51. The standard InChI is InChI=1S/C17H26B4N6O2S/c1-10-4-15-22-9-24-26(15)8-13(10)12-5-16(18,19)27(17(20,21)6-12)30(28,29)14-7-23-25(3)11(14)2/h4,7-9,12H,5-6,18-21H2,1-3H3. The van der Waals surface area contributed by atoms with Gasteiger partial charge in [0.1, 0.15) is 42.6 Å². The molecule has 8 nitrogen and oxygen atoms in total. The van der Waals surface area contributed by atoms with Crippen LogP contribution in [0.5, 0.6) is 0 Å². The van der Waals surface area contributed by atoms with Gasteiger partial charge < -0.3 is 0 Å². The van der Waals surface area contributed by atoms with Gasteiger partial charge in [0.25, 0.3) is 0 Å². The van der Waals surface area contributed by atoms with Crippen LogP contribution in [0.1, 0.15) is 35.6 Å². The zero-order valence-electron chi connectivity index (χ0n) is 18.7. The Bertz CT molecular complexity index is 1220. The Morgan fingerprint density at radius 2 is 1.73 bits per heavy atom. The SMILES string of the molecule is BC1(B)CC(c2cn3ncnc3cc2C)CC(B)(B)N1S(=O)(=O)c1cnn(C)c1C. The predicted molar refractivity (Wildman–Crippen MR) is 126 cm³/mol. The minimum atomic E-state index is -3.71. The third kappa shape index (κ3) is 3.22. The number of nitrogens with zero attached hydrogens (tertiary/aromatic N) is 6. The molecule has 0 radical (unpaired) electrons. The number of pyridine rings is 1. The van der Waals surface area contributed by atoms with Crippen molar-refractivity contribution in [1.82, 2.24) is 28.7 Å². The summed E-state index contributed by atoms with van der Waals surface area (Å²) in [6, 6.07) is 2.05. The maximum atomic E-state index is 13.8. The Hall–Kier alpha value is -2.00. The van der Waals surface area contributed by atoms with Gasteiger partial charge in [-0.25, -0.2) is 22.2 Å². The van der Waals surface area contributed by atoms with Crippen LogP contribution < -0.4 is 0 Å². The van der Waals surface area contributed by atoms with Crippen LogP contribution in [0, 0.1) is 13.8 Å². The third-order valence-corrected chi connectivity index (χ3v) is 8.83. The summed E-state index contributed by atoms with van der Waals surface area (Å²) >= 11 is 0. The number of aromatic nitrogens is 5. The average Bonchev–Trinajstić information content (AvgIpc) is 3.18. The Kier molecular flexibility index (Phi) is 4.78. The first-order valence-electron chi connectivity index (χ1n) is 10.2. The van der Waals surface area contributed by atoms with Crippen molar-refractivity contribution in [3.8, 4) is 0 Å². The highest BCUT2D eigenvalue weighted by Gasteiger charge is 2.51. The van der Waals surface area contributed by atoms with Gasteiger partial charge >= 0.3 is 0 Å². The maximum Gasteiger partial charge on any atom is 0.244 e. The fraction of sp³-hybridized carbons (Fsp3) is 0.471. The molecule has 4 heterocycles. The van der Waals surface area contributed by atoms with Gasteiger partial charge in [0.2, 0.25) is 10.0 Å². The van der Waals surface area contributed by atoms with Gasteiger partial charge in [-0.05, 0) is 60.5 Å². The van der Waals surface area contributed by atoms with Gasteiger partial charge in [-0.2, -0.15) is 10.2 Å². The Balaban J connectivity index is 1.77. The highest BCUT2D eigenvalue weighted by Crippen LogP contribution is 2.45. The normalized spacial score (nSPS) is 20.0. The highest BCUT2D eigenvalue weighted by atomic mass is 32.2. The van der Waals surface area contributed by atoms with Gasteiger partial charge in [-0.1, -0.05) is 0 Å². The molecule has 1 aliphatic rings. The molecular weight excluding hydrogens is 396 g/mol. The van der Waals surface area contributed by atoms with E-state index < -0.39 is 20.7 Å². The molecule has 0 atom stereocenters.